The zero-order valence-electron chi connectivity index (χ0n) is 24.1. The van der Waals surface area contributed by atoms with Gasteiger partial charge in [-0.15, -0.1) is 0 Å². The Morgan fingerprint density at radius 2 is 1.73 bits per heavy atom. The number of anilines is 4. The smallest absolute Gasteiger partial charge is 0.410 e. The van der Waals surface area contributed by atoms with Crippen molar-refractivity contribution in [2.24, 2.45) is 0 Å². The van der Waals surface area contributed by atoms with Crippen LogP contribution >= 0.6 is 0 Å². The van der Waals surface area contributed by atoms with Gasteiger partial charge in [0.2, 0.25) is 5.95 Å². The van der Waals surface area contributed by atoms with Crippen molar-refractivity contribution in [1.82, 2.24) is 14.9 Å². The minimum atomic E-state index is -0.649. The first-order valence-corrected chi connectivity index (χ1v) is 13.8. The molecule has 2 aliphatic rings. The Morgan fingerprint density at radius 3 is 2.39 bits per heavy atom. The number of aromatic nitrogens is 2. The fourth-order valence-electron chi connectivity index (χ4n) is 4.96. The topological polar surface area (TPSA) is 83.1 Å². The highest BCUT2D eigenvalue weighted by molar-refractivity contribution is 5.73. The second kappa shape index (κ2) is 11.4. The second-order valence-corrected chi connectivity index (χ2v) is 11.5. The molecule has 0 unspecified atom stereocenters. The van der Waals surface area contributed by atoms with E-state index in [4.69, 9.17) is 9.47 Å². The fraction of sp³-hybridized carbons (Fsp3) is 0.433. The zero-order valence-corrected chi connectivity index (χ0v) is 24.1. The Morgan fingerprint density at radius 1 is 1.02 bits per heavy atom. The van der Waals surface area contributed by atoms with Crippen LogP contribution in [0.1, 0.15) is 34.6 Å². The van der Waals surface area contributed by atoms with Crippen molar-refractivity contribution in [2.45, 2.75) is 46.3 Å². The SMILES string of the molecule is CC(C)N1CCOc2c(F)cc(-c3nc(Nc4ccc(N5CCN(C(=O)OC(C)(C)C)CC5)cc4)ncc3F)cc21. The van der Waals surface area contributed by atoms with Crippen molar-refractivity contribution in [3.8, 4) is 17.0 Å². The quantitative estimate of drug-likeness (QED) is 0.413. The van der Waals surface area contributed by atoms with E-state index in [-0.39, 0.29) is 29.5 Å². The first kappa shape index (κ1) is 28.4. The average Bonchev–Trinajstić information content (AvgIpc) is 2.93. The molecule has 2 aliphatic heterocycles. The number of hydrogen-bond donors (Lipinski definition) is 1. The summed E-state index contributed by atoms with van der Waals surface area (Å²) in [5.41, 5.74) is 2.10. The third-order valence-electron chi connectivity index (χ3n) is 6.97. The highest BCUT2D eigenvalue weighted by Gasteiger charge is 2.27. The molecule has 0 radical (unpaired) electrons. The highest BCUT2D eigenvalue weighted by Crippen LogP contribution is 2.39. The number of halogens is 2. The van der Waals surface area contributed by atoms with Crippen LogP contribution in [0.25, 0.3) is 11.3 Å². The van der Waals surface area contributed by atoms with Crippen molar-refractivity contribution >= 4 is 29.1 Å². The van der Waals surface area contributed by atoms with Gasteiger partial charge in [-0.05, 0) is 71.0 Å². The Balaban J connectivity index is 1.28. The largest absolute Gasteiger partial charge is 0.486 e. The number of benzene rings is 2. The van der Waals surface area contributed by atoms with Crippen molar-refractivity contribution in [3.05, 3.63) is 54.2 Å². The Kier molecular flexibility index (Phi) is 7.88. The minimum absolute atomic E-state index is 0.00189. The summed E-state index contributed by atoms with van der Waals surface area (Å²) in [4.78, 5) is 26.8. The van der Waals surface area contributed by atoms with Crippen LogP contribution in [0.4, 0.5) is 36.6 Å². The van der Waals surface area contributed by atoms with E-state index in [9.17, 15) is 13.6 Å². The van der Waals surface area contributed by atoms with Gasteiger partial charge < -0.3 is 29.5 Å². The number of rotatable bonds is 5. The number of piperazine rings is 1. The van der Waals surface area contributed by atoms with Gasteiger partial charge >= 0.3 is 6.09 Å². The van der Waals surface area contributed by atoms with Crippen LogP contribution in [0.5, 0.6) is 5.75 Å². The van der Waals surface area contributed by atoms with E-state index in [0.717, 1.165) is 17.6 Å². The van der Waals surface area contributed by atoms with Crippen molar-refractivity contribution < 1.29 is 23.0 Å². The van der Waals surface area contributed by atoms with E-state index in [1.165, 1.54) is 6.07 Å². The fourth-order valence-corrected chi connectivity index (χ4v) is 4.96. The van der Waals surface area contributed by atoms with E-state index in [0.29, 0.717) is 50.6 Å². The van der Waals surface area contributed by atoms with Gasteiger partial charge in [0, 0.05) is 49.2 Å². The molecule has 0 atom stereocenters. The molecule has 1 aromatic heterocycles. The number of amides is 1. The maximum atomic E-state index is 15.0. The Labute approximate surface area is 239 Å². The summed E-state index contributed by atoms with van der Waals surface area (Å²) in [7, 11) is 0. The molecule has 1 N–H and O–H groups in total. The average molecular weight is 567 g/mol. The van der Waals surface area contributed by atoms with Crippen LogP contribution in [0.3, 0.4) is 0 Å². The number of nitrogens with zero attached hydrogens (tertiary/aromatic N) is 5. The lowest BCUT2D eigenvalue weighted by molar-refractivity contribution is 0.0240. The summed E-state index contributed by atoms with van der Waals surface area (Å²) < 4.78 is 40.9. The molecule has 11 heteroatoms. The van der Waals surface area contributed by atoms with E-state index < -0.39 is 17.2 Å². The summed E-state index contributed by atoms with van der Waals surface area (Å²) in [6.45, 7) is 13.1. The lowest BCUT2D eigenvalue weighted by Gasteiger charge is -2.36. The molecule has 2 aromatic carbocycles. The van der Waals surface area contributed by atoms with E-state index in [1.54, 1.807) is 11.0 Å². The Bertz CT molecular complexity index is 1400. The summed E-state index contributed by atoms with van der Waals surface area (Å²) in [5, 5.41) is 3.11. The minimum Gasteiger partial charge on any atom is -0.486 e. The van der Waals surface area contributed by atoms with E-state index in [2.05, 4.69) is 20.2 Å². The summed E-state index contributed by atoms with van der Waals surface area (Å²) >= 11 is 0. The van der Waals surface area contributed by atoms with Crippen LogP contribution in [-0.2, 0) is 4.74 Å². The van der Waals surface area contributed by atoms with Crippen LogP contribution in [0.2, 0.25) is 0 Å². The van der Waals surface area contributed by atoms with Gasteiger partial charge in [-0.1, -0.05) is 0 Å². The third-order valence-corrected chi connectivity index (χ3v) is 6.97. The lowest BCUT2D eigenvalue weighted by Crippen LogP contribution is -2.50. The molecule has 3 heterocycles. The molecule has 1 amide bonds. The molecule has 41 heavy (non-hydrogen) atoms. The normalized spacial score (nSPS) is 15.5. The molecule has 218 valence electrons. The third kappa shape index (κ3) is 6.44. The molecule has 0 spiro atoms. The number of fused-ring (bicyclic) bond motifs is 1. The maximum Gasteiger partial charge on any atom is 0.410 e. The predicted molar refractivity (Wildman–Crippen MR) is 155 cm³/mol. The number of carbonyl (C=O) groups excluding carboxylic acids is 1. The van der Waals surface area contributed by atoms with Crippen molar-refractivity contribution in [1.29, 1.82) is 0 Å². The van der Waals surface area contributed by atoms with E-state index >= 15 is 0 Å². The van der Waals surface area contributed by atoms with Gasteiger partial charge in [-0.3, -0.25) is 0 Å². The number of hydrogen-bond acceptors (Lipinski definition) is 8. The van der Waals surface area contributed by atoms with Crippen molar-refractivity contribution in [2.75, 3.05) is 54.4 Å². The molecule has 0 saturated carbocycles. The molecule has 0 bridgehead atoms. The summed E-state index contributed by atoms with van der Waals surface area (Å²) in [6.07, 6.45) is 0.788. The first-order valence-electron chi connectivity index (χ1n) is 13.8. The molecule has 3 aromatic rings. The molecular formula is C30H36F2N6O3. The number of nitrogens with one attached hydrogen (secondary N) is 1. The molecule has 5 rings (SSSR count). The lowest BCUT2D eigenvalue weighted by atomic mass is 10.1. The van der Waals surface area contributed by atoms with Crippen LogP contribution in [-0.4, -0.2) is 71.9 Å². The van der Waals surface area contributed by atoms with Gasteiger partial charge in [0.05, 0.1) is 18.4 Å². The van der Waals surface area contributed by atoms with Gasteiger partial charge in [-0.2, -0.15) is 0 Å². The molecule has 1 fully saturated rings. The number of ether oxygens (including phenoxy) is 2. The molecule has 9 nitrogen and oxygen atoms in total. The first-order chi connectivity index (χ1) is 19.5. The van der Waals surface area contributed by atoms with Crippen LogP contribution in [0, 0.1) is 11.6 Å². The van der Waals surface area contributed by atoms with Gasteiger partial charge in [-0.25, -0.2) is 23.5 Å². The second-order valence-electron chi connectivity index (χ2n) is 11.5. The van der Waals surface area contributed by atoms with Gasteiger partial charge in [0.15, 0.2) is 17.4 Å². The zero-order chi connectivity index (χ0) is 29.3. The van der Waals surface area contributed by atoms with Crippen LogP contribution in [0.15, 0.2) is 42.6 Å². The maximum absolute atomic E-state index is 15.0. The van der Waals surface area contributed by atoms with Crippen molar-refractivity contribution in [3.63, 3.8) is 0 Å². The monoisotopic (exact) mass is 566 g/mol. The molecular weight excluding hydrogens is 530 g/mol. The van der Waals surface area contributed by atoms with Gasteiger partial charge in [0.1, 0.15) is 17.9 Å². The standard InChI is InChI=1S/C30H36F2N6O3/c1-19(2)38-14-15-40-27-23(31)16-20(17-25(27)38)26-24(32)18-33-28(35-26)34-21-6-8-22(9-7-21)36-10-12-37(13-11-36)29(39)41-30(3,4)5/h6-9,16-19H,10-15H2,1-5H3,(H,33,34,35). The molecule has 0 aliphatic carbocycles. The van der Waals surface area contributed by atoms with E-state index in [1.807, 2.05) is 63.8 Å². The van der Waals surface area contributed by atoms with Crippen LogP contribution < -0.4 is 19.9 Å². The highest BCUT2D eigenvalue weighted by atomic mass is 19.1. The summed E-state index contributed by atoms with van der Waals surface area (Å²) in [6, 6.07) is 10.8. The Hall–Kier alpha value is -4.15. The van der Waals surface area contributed by atoms with Gasteiger partial charge in [0.25, 0.3) is 0 Å². The molecule has 1 saturated heterocycles. The summed E-state index contributed by atoms with van der Waals surface area (Å²) in [5.74, 6) is -0.843. The number of carbonyl (C=O) groups is 1. The predicted octanol–water partition coefficient (Wildman–Crippen LogP) is 5.83.